The summed E-state index contributed by atoms with van der Waals surface area (Å²) in [6, 6.07) is 8.02. The molecule has 0 saturated carbocycles. The van der Waals surface area contributed by atoms with Gasteiger partial charge in [0.2, 0.25) is 0 Å². The van der Waals surface area contributed by atoms with Crippen molar-refractivity contribution in [3.05, 3.63) is 30.0 Å². The van der Waals surface area contributed by atoms with Gasteiger partial charge in [-0.1, -0.05) is 12.1 Å². The van der Waals surface area contributed by atoms with E-state index in [0.29, 0.717) is 18.3 Å². The molecule has 1 aromatic heterocycles. The van der Waals surface area contributed by atoms with Crippen molar-refractivity contribution in [2.24, 2.45) is 0 Å². The molecule has 1 aliphatic rings. The Morgan fingerprint density at radius 3 is 2.67 bits per heavy atom. The van der Waals surface area contributed by atoms with Gasteiger partial charge in [0, 0.05) is 30.4 Å². The maximum atomic E-state index is 6.07. The van der Waals surface area contributed by atoms with E-state index in [1.165, 1.54) is 0 Å². The van der Waals surface area contributed by atoms with Gasteiger partial charge in [-0.2, -0.15) is 5.10 Å². The van der Waals surface area contributed by atoms with Gasteiger partial charge in [0.05, 0.1) is 6.61 Å². The zero-order valence-electron chi connectivity index (χ0n) is 12.3. The van der Waals surface area contributed by atoms with E-state index in [-0.39, 0.29) is 0 Å². The highest BCUT2D eigenvalue weighted by Gasteiger charge is 2.23. The van der Waals surface area contributed by atoms with Gasteiger partial charge in [0.15, 0.2) is 5.82 Å². The number of nitrogens with one attached hydrogen (secondary N) is 1. The quantitative estimate of drug-likeness (QED) is 0.906. The van der Waals surface area contributed by atoms with Gasteiger partial charge >= 0.3 is 0 Å². The predicted octanol–water partition coefficient (Wildman–Crippen LogP) is 2.95. The summed E-state index contributed by atoms with van der Waals surface area (Å²) in [7, 11) is 0. The minimum Gasteiger partial charge on any atom is -0.494 e. The number of benzene rings is 1. The number of hydrogen-bond acceptors (Lipinski definition) is 4. The van der Waals surface area contributed by atoms with Crippen LogP contribution in [0.5, 0.6) is 5.75 Å². The highest BCUT2D eigenvalue weighted by molar-refractivity contribution is 5.77. The number of aromatic amines is 1. The van der Waals surface area contributed by atoms with Crippen molar-refractivity contribution in [1.82, 2.24) is 10.2 Å². The number of nitrogen functional groups attached to an aromatic ring is 1. The monoisotopic (exact) mass is 287 g/mol. The van der Waals surface area contributed by atoms with Crippen LogP contribution in [0.3, 0.4) is 0 Å². The fourth-order valence-corrected chi connectivity index (χ4v) is 2.84. The van der Waals surface area contributed by atoms with Crippen molar-refractivity contribution in [3.63, 3.8) is 0 Å². The van der Waals surface area contributed by atoms with E-state index in [1.54, 1.807) is 0 Å². The molecule has 1 aliphatic heterocycles. The smallest absolute Gasteiger partial charge is 0.153 e. The van der Waals surface area contributed by atoms with Gasteiger partial charge in [-0.05, 0) is 37.5 Å². The second-order valence-corrected chi connectivity index (χ2v) is 5.24. The third-order valence-corrected chi connectivity index (χ3v) is 3.91. The lowest BCUT2D eigenvalue weighted by atomic mass is 9.91. The van der Waals surface area contributed by atoms with Gasteiger partial charge < -0.3 is 15.2 Å². The van der Waals surface area contributed by atoms with Crippen molar-refractivity contribution < 1.29 is 9.47 Å². The highest BCUT2D eigenvalue weighted by atomic mass is 16.5. The molecule has 1 fully saturated rings. The van der Waals surface area contributed by atoms with Crippen LogP contribution in [0, 0.1) is 0 Å². The largest absolute Gasteiger partial charge is 0.494 e. The minimum atomic E-state index is 0.435. The maximum Gasteiger partial charge on any atom is 0.153 e. The van der Waals surface area contributed by atoms with Crippen molar-refractivity contribution in [3.8, 4) is 16.9 Å². The number of aromatic nitrogens is 2. The molecule has 1 saturated heterocycles. The van der Waals surface area contributed by atoms with Crippen molar-refractivity contribution in [1.29, 1.82) is 0 Å². The Labute approximate surface area is 124 Å². The summed E-state index contributed by atoms with van der Waals surface area (Å²) >= 11 is 0. The SMILES string of the molecule is CCOc1ccc(-c2c(N)n[nH]c2C2CCOCC2)cc1. The zero-order chi connectivity index (χ0) is 14.7. The molecular formula is C16H21N3O2. The molecule has 0 spiro atoms. The molecule has 112 valence electrons. The molecular weight excluding hydrogens is 266 g/mol. The van der Waals surface area contributed by atoms with Gasteiger partial charge in [-0.3, -0.25) is 5.10 Å². The topological polar surface area (TPSA) is 73.2 Å². The lowest BCUT2D eigenvalue weighted by Gasteiger charge is -2.22. The molecule has 21 heavy (non-hydrogen) atoms. The van der Waals surface area contributed by atoms with E-state index >= 15 is 0 Å². The Balaban J connectivity index is 1.91. The van der Waals surface area contributed by atoms with Crippen LogP contribution in [0.4, 0.5) is 5.82 Å². The summed E-state index contributed by atoms with van der Waals surface area (Å²) in [5, 5.41) is 7.33. The second-order valence-electron chi connectivity index (χ2n) is 5.24. The van der Waals surface area contributed by atoms with Crippen LogP contribution in [0.25, 0.3) is 11.1 Å². The summed E-state index contributed by atoms with van der Waals surface area (Å²) in [6.45, 7) is 4.24. The molecule has 0 aliphatic carbocycles. The number of hydrogen-bond donors (Lipinski definition) is 2. The molecule has 0 amide bonds. The number of nitrogens with zero attached hydrogens (tertiary/aromatic N) is 1. The summed E-state index contributed by atoms with van der Waals surface area (Å²) in [5.74, 6) is 1.86. The van der Waals surface area contributed by atoms with E-state index in [1.807, 2.05) is 31.2 Å². The molecule has 0 atom stereocenters. The standard InChI is InChI=1S/C16H21N3O2/c1-2-21-13-5-3-11(4-6-13)14-15(18-19-16(14)17)12-7-9-20-10-8-12/h3-6,12H,2,7-10H2,1H3,(H3,17,18,19). The first-order valence-electron chi connectivity index (χ1n) is 7.44. The lowest BCUT2D eigenvalue weighted by Crippen LogP contribution is -2.15. The van der Waals surface area contributed by atoms with Crippen LogP contribution in [0.15, 0.2) is 24.3 Å². The van der Waals surface area contributed by atoms with E-state index in [4.69, 9.17) is 15.2 Å². The lowest BCUT2D eigenvalue weighted by molar-refractivity contribution is 0.0846. The molecule has 3 N–H and O–H groups in total. The summed E-state index contributed by atoms with van der Waals surface area (Å²) in [5.41, 5.74) is 9.29. The molecule has 5 heteroatoms. The molecule has 1 aromatic carbocycles. The van der Waals surface area contributed by atoms with Gasteiger partial charge in [-0.25, -0.2) is 0 Å². The average Bonchev–Trinajstić information content (AvgIpc) is 2.91. The molecule has 0 radical (unpaired) electrons. The molecule has 0 bridgehead atoms. The first-order chi connectivity index (χ1) is 10.3. The number of anilines is 1. The Hall–Kier alpha value is -2.01. The number of rotatable bonds is 4. The summed E-state index contributed by atoms with van der Waals surface area (Å²) in [6.07, 6.45) is 2.01. The Bertz CT molecular complexity index is 586. The van der Waals surface area contributed by atoms with Crippen LogP contribution in [-0.2, 0) is 4.74 Å². The molecule has 2 aromatic rings. The van der Waals surface area contributed by atoms with E-state index < -0.39 is 0 Å². The maximum absolute atomic E-state index is 6.07. The molecule has 2 heterocycles. The van der Waals surface area contributed by atoms with Crippen molar-refractivity contribution in [2.45, 2.75) is 25.7 Å². The first kappa shape index (κ1) is 13.9. The minimum absolute atomic E-state index is 0.435. The van der Waals surface area contributed by atoms with E-state index in [2.05, 4.69) is 10.2 Å². The van der Waals surface area contributed by atoms with Gasteiger partial charge in [-0.15, -0.1) is 0 Å². The third kappa shape index (κ3) is 2.88. The van der Waals surface area contributed by atoms with Gasteiger partial charge in [0.1, 0.15) is 5.75 Å². The fraction of sp³-hybridized carbons (Fsp3) is 0.438. The normalized spacial score (nSPS) is 16.0. The van der Waals surface area contributed by atoms with Crippen molar-refractivity contribution in [2.75, 3.05) is 25.6 Å². The Morgan fingerprint density at radius 1 is 1.29 bits per heavy atom. The summed E-state index contributed by atoms with van der Waals surface area (Å²) in [4.78, 5) is 0. The van der Waals surface area contributed by atoms with E-state index in [9.17, 15) is 0 Å². The second kappa shape index (κ2) is 6.18. The highest BCUT2D eigenvalue weighted by Crippen LogP contribution is 2.37. The molecule has 5 nitrogen and oxygen atoms in total. The third-order valence-electron chi connectivity index (χ3n) is 3.91. The van der Waals surface area contributed by atoms with E-state index in [0.717, 1.165) is 48.6 Å². The van der Waals surface area contributed by atoms with Crippen LogP contribution >= 0.6 is 0 Å². The van der Waals surface area contributed by atoms with Gasteiger partial charge in [0.25, 0.3) is 0 Å². The van der Waals surface area contributed by atoms with Crippen molar-refractivity contribution >= 4 is 5.82 Å². The fourth-order valence-electron chi connectivity index (χ4n) is 2.84. The average molecular weight is 287 g/mol. The molecule has 3 rings (SSSR count). The van der Waals surface area contributed by atoms with Crippen LogP contribution in [0.1, 0.15) is 31.4 Å². The summed E-state index contributed by atoms with van der Waals surface area (Å²) < 4.78 is 10.9. The Morgan fingerprint density at radius 2 is 2.00 bits per heavy atom. The molecule has 0 unspecified atom stereocenters. The number of nitrogens with two attached hydrogens (primary N) is 1. The first-order valence-corrected chi connectivity index (χ1v) is 7.44. The Kier molecular flexibility index (Phi) is 4.10. The number of ether oxygens (including phenoxy) is 2. The van der Waals surface area contributed by atoms with Crippen LogP contribution < -0.4 is 10.5 Å². The zero-order valence-corrected chi connectivity index (χ0v) is 12.3. The van der Waals surface area contributed by atoms with Crippen LogP contribution in [0.2, 0.25) is 0 Å². The number of H-pyrrole nitrogens is 1. The predicted molar refractivity (Wildman–Crippen MR) is 82.4 cm³/mol. The van der Waals surface area contributed by atoms with Crippen LogP contribution in [-0.4, -0.2) is 30.0 Å².